The molecule has 4 rings (SSSR count). The van der Waals surface area contributed by atoms with Crippen LogP contribution >= 0.6 is 0 Å². The van der Waals surface area contributed by atoms with E-state index in [1.54, 1.807) is 4.90 Å². The van der Waals surface area contributed by atoms with Gasteiger partial charge in [-0.05, 0) is 50.9 Å². The summed E-state index contributed by atoms with van der Waals surface area (Å²) in [4.78, 5) is 40.9. The van der Waals surface area contributed by atoms with Gasteiger partial charge < -0.3 is 14.9 Å². The van der Waals surface area contributed by atoms with E-state index >= 15 is 0 Å². The first-order chi connectivity index (χ1) is 12.1. The van der Waals surface area contributed by atoms with Crippen LogP contribution in [0.2, 0.25) is 0 Å². The summed E-state index contributed by atoms with van der Waals surface area (Å²) in [6.07, 6.45) is 8.35. The highest BCUT2D eigenvalue weighted by Gasteiger charge is 2.49. The third-order valence-electron chi connectivity index (χ3n) is 6.64. The predicted molar refractivity (Wildman–Crippen MR) is 90.7 cm³/mol. The molecular weight excluding hydrogens is 320 g/mol. The van der Waals surface area contributed by atoms with E-state index in [9.17, 15) is 19.5 Å². The van der Waals surface area contributed by atoms with Gasteiger partial charge in [0.1, 0.15) is 6.04 Å². The Labute approximate surface area is 148 Å². The minimum Gasteiger partial charge on any atom is -0.480 e. The Morgan fingerprint density at radius 2 is 1.60 bits per heavy atom. The van der Waals surface area contributed by atoms with Gasteiger partial charge in [-0.3, -0.25) is 9.59 Å². The highest BCUT2D eigenvalue weighted by Crippen LogP contribution is 2.41. The second kappa shape index (κ2) is 6.61. The second-order valence-electron chi connectivity index (χ2n) is 8.34. The van der Waals surface area contributed by atoms with E-state index in [1.807, 2.05) is 4.90 Å². The number of piperidine rings is 1. The van der Waals surface area contributed by atoms with Crippen molar-refractivity contribution >= 4 is 17.8 Å². The monoisotopic (exact) mass is 348 g/mol. The van der Waals surface area contributed by atoms with Gasteiger partial charge >= 0.3 is 5.97 Å². The van der Waals surface area contributed by atoms with Crippen molar-refractivity contribution in [2.24, 2.45) is 17.8 Å². The third kappa shape index (κ3) is 3.15. The van der Waals surface area contributed by atoms with Gasteiger partial charge in [-0.1, -0.05) is 12.8 Å². The molecule has 138 valence electrons. The van der Waals surface area contributed by atoms with Crippen LogP contribution in [0.25, 0.3) is 0 Å². The number of carbonyl (C=O) groups is 3. The Morgan fingerprint density at radius 1 is 0.840 bits per heavy atom. The highest BCUT2D eigenvalue weighted by atomic mass is 16.4. The Morgan fingerprint density at radius 3 is 2.32 bits per heavy atom. The largest absolute Gasteiger partial charge is 0.480 e. The summed E-state index contributed by atoms with van der Waals surface area (Å²) in [7, 11) is 0. The first-order valence-corrected chi connectivity index (χ1v) is 9.90. The molecule has 4 aliphatic rings. The molecule has 0 aromatic carbocycles. The average Bonchev–Trinajstić information content (AvgIpc) is 3.40. The summed E-state index contributed by atoms with van der Waals surface area (Å²) in [5.74, 6) is -0.399. The molecule has 2 saturated heterocycles. The number of likely N-dealkylation sites (tertiary alicyclic amines) is 2. The first kappa shape index (κ1) is 16.9. The maximum atomic E-state index is 13.2. The van der Waals surface area contributed by atoms with Gasteiger partial charge in [-0.15, -0.1) is 0 Å². The number of fused-ring (bicyclic) bond motifs is 1. The van der Waals surface area contributed by atoms with E-state index in [4.69, 9.17) is 0 Å². The average molecular weight is 348 g/mol. The van der Waals surface area contributed by atoms with Crippen molar-refractivity contribution in [3.8, 4) is 0 Å². The summed E-state index contributed by atoms with van der Waals surface area (Å²) >= 11 is 0. The fourth-order valence-electron chi connectivity index (χ4n) is 5.18. The van der Waals surface area contributed by atoms with Crippen LogP contribution in [0.3, 0.4) is 0 Å². The van der Waals surface area contributed by atoms with Crippen molar-refractivity contribution in [3.63, 3.8) is 0 Å². The molecule has 0 radical (unpaired) electrons. The summed E-state index contributed by atoms with van der Waals surface area (Å²) < 4.78 is 0. The van der Waals surface area contributed by atoms with Crippen molar-refractivity contribution in [3.05, 3.63) is 0 Å². The standard InChI is InChI=1S/C19H28N2O4/c22-17(12-7-8-12)20-9-3-5-14(11-20)18(23)21-15-6-2-1-4-13(15)10-16(21)19(24)25/h12-16H,1-11H2,(H,24,25). The molecule has 1 N–H and O–H groups in total. The van der Waals surface area contributed by atoms with Gasteiger partial charge in [-0.25, -0.2) is 4.79 Å². The summed E-state index contributed by atoms with van der Waals surface area (Å²) in [5, 5.41) is 9.64. The highest BCUT2D eigenvalue weighted by molar-refractivity contribution is 5.87. The number of amides is 2. The van der Waals surface area contributed by atoms with Crippen LogP contribution in [0.5, 0.6) is 0 Å². The zero-order valence-electron chi connectivity index (χ0n) is 14.7. The molecule has 0 aromatic heterocycles. The van der Waals surface area contributed by atoms with Crippen LogP contribution in [0.15, 0.2) is 0 Å². The normalized spacial score (nSPS) is 35.4. The van der Waals surface area contributed by atoms with Gasteiger partial charge in [0.25, 0.3) is 0 Å². The number of carboxylic acids is 1. The molecule has 0 bridgehead atoms. The minimum absolute atomic E-state index is 0.0184. The molecule has 2 aliphatic carbocycles. The fraction of sp³-hybridized carbons (Fsp3) is 0.842. The number of rotatable bonds is 3. The summed E-state index contributed by atoms with van der Waals surface area (Å²) in [6.45, 7) is 1.22. The molecule has 0 spiro atoms. The van der Waals surface area contributed by atoms with Crippen molar-refractivity contribution in [1.29, 1.82) is 0 Å². The lowest BCUT2D eigenvalue weighted by atomic mass is 9.84. The molecule has 25 heavy (non-hydrogen) atoms. The number of carbonyl (C=O) groups excluding carboxylic acids is 2. The Bertz CT molecular complexity index is 574. The minimum atomic E-state index is -0.871. The molecule has 2 aliphatic heterocycles. The predicted octanol–water partition coefficient (Wildman–Crippen LogP) is 1.88. The van der Waals surface area contributed by atoms with Gasteiger partial charge in [0, 0.05) is 25.0 Å². The maximum Gasteiger partial charge on any atom is 0.326 e. The van der Waals surface area contributed by atoms with Gasteiger partial charge in [-0.2, -0.15) is 0 Å². The Hall–Kier alpha value is -1.59. The van der Waals surface area contributed by atoms with Crippen molar-refractivity contribution in [2.75, 3.05) is 13.1 Å². The maximum absolute atomic E-state index is 13.2. The fourth-order valence-corrected chi connectivity index (χ4v) is 5.18. The molecule has 2 heterocycles. The summed E-state index contributed by atoms with van der Waals surface area (Å²) in [6, 6.07) is -0.577. The topological polar surface area (TPSA) is 77.9 Å². The van der Waals surface area contributed by atoms with Crippen LogP contribution in [0, 0.1) is 17.8 Å². The van der Waals surface area contributed by atoms with Crippen LogP contribution in [-0.4, -0.2) is 57.9 Å². The molecule has 6 nitrogen and oxygen atoms in total. The lowest BCUT2D eigenvalue weighted by Crippen LogP contribution is -2.52. The molecule has 4 unspecified atom stereocenters. The Kier molecular flexibility index (Phi) is 4.46. The second-order valence-corrected chi connectivity index (χ2v) is 8.34. The number of aliphatic carboxylic acids is 1. The molecule has 2 amide bonds. The van der Waals surface area contributed by atoms with E-state index in [2.05, 4.69) is 0 Å². The van der Waals surface area contributed by atoms with Crippen LogP contribution < -0.4 is 0 Å². The van der Waals surface area contributed by atoms with Gasteiger partial charge in [0.05, 0.1) is 5.92 Å². The number of hydrogen-bond donors (Lipinski definition) is 1. The molecule has 2 saturated carbocycles. The van der Waals surface area contributed by atoms with E-state index < -0.39 is 12.0 Å². The van der Waals surface area contributed by atoms with E-state index in [-0.39, 0.29) is 29.7 Å². The van der Waals surface area contributed by atoms with Crippen molar-refractivity contribution < 1.29 is 19.5 Å². The Balaban J connectivity index is 1.49. The summed E-state index contributed by atoms with van der Waals surface area (Å²) in [5.41, 5.74) is 0. The van der Waals surface area contributed by atoms with Gasteiger partial charge in [0.2, 0.25) is 11.8 Å². The SMILES string of the molecule is O=C(O)C1CC2CCCCC2N1C(=O)C1CCCN(C(=O)C2CC2)C1. The van der Waals surface area contributed by atoms with Crippen LogP contribution in [-0.2, 0) is 14.4 Å². The zero-order valence-corrected chi connectivity index (χ0v) is 14.7. The van der Waals surface area contributed by atoms with Crippen molar-refractivity contribution in [1.82, 2.24) is 9.80 Å². The van der Waals surface area contributed by atoms with E-state index in [0.29, 0.717) is 18.9 Å². The number of nitrogens with zero attached hydrogens (tertiary/aromatic N) is 2. The smallest absolute Gasteiger partial charge is 0.326 e. The molecule has 0 aromatic rings. The van der Waals surface area contributed by atoms with Gasteiger partial charge in [0.15, 0.2) is 0 Å². The van der Waals surface area contributed by atoms with Crippen molar-refractivity contribution in [2.45, 2.75) is 69.9 Å². The molecule has 6 heteroatoms. The lowest BCUT2D eigenvalue weighted by molar-refractivity contribution is -0.153. The quantitative estimate of drug-likeness (QED) is 0.845. The zero-order chi connectivity index (χ0) is 17.6. The van der Waals surface area contributed by atoms with Crippen LogP contribution in [0.4, 0.5) is 0 Å². The molecule has 4 fully saturated rings. The number of hydrogen-bond acceptors (Lipinski definition) is 3. The lowest BCUT2D eigenvalue weighted by Gasteiger charge is -2.38. The third-order valence-corrected chi connectivity index (χ3v) is 6.64. The first-order valence-electron chi connectivity index (χ1n) is 9.90. The van der Waals surface area contributed by atoms with Crippen LogP contribution in [0.1, 0.15) is 57.8 Å². The molecule has 4 atom stereocenters. The van der Waals surface area contributed by atoms with E-state index in [1.165, 1.54) is 0 Å². The number of carboxylic acid groups (broad SMARTS) is 1. The van der Waals surface area contributed by atoms with E-state index in [0.717, 1.165) is 57.9 Å². The molecular formula is C19H28N2O4.